The summed E-state index contributed by atoms with van der Waals surface area (Å²) < 4.78 is 5.18. The smallest absolute Gasteiger partial charge is 0.308 e. The zero-order valence-corrected chi connectivity index (χ0v) is 13.2. The van der Waals surface area contributed by atoms with Gasteiger partial charge in [-0.25, -0.2) is 0 Å². The first kappa shape index (κ1) is 15.8. The molecule has 0 bridgehead atoms. The van der Waals surface area contributed by atoms with Gasteiger partial charge in [0.25, 0.3) is 0 Å². The van der Waals surface area contributed by atoms with E-state index in [1.165, 1.54) is 38.5 Å². The van der Waals surface area contributed by atoms with E-state index in [1.807, 2.05) is 6.92 Å². The van der Waals surface area contributed by atoms with Crippen LogP contribution in [0, 0.1) is 11.8 Å². The van der Waals surface area contributed by atoms with Gasteiger partial charge in [-0.2, -0.15) is 0 Å². The molecule has 0 radical (unpaired) electrons. The zero-order valence-electron chi connectivity index (χ0n) is 13.2. The lowest BCUT2D eigenvalue weighted by Gasteiger charge is -2.35. The largest absolute Gasteiger partial charge is 0.466 e. The standard InChI is InChI=1S/C17H31NO2/c1-3-13-8-10-15(11-9-13)18-16-7-5-6-14(12-16)17(19)20-4-2/h13-16,18H,3-12H2,1-2H3. The van der Waals surface area contributed by atoms with Gasteiger partial charge in [-0.15, -0.1) is 0 Å². The molecule has 0 amide bonds. The molecule has 0 heterocycles. The molecule has 0 aromatic rings. The minimum Gasteiger partial charge on any atom is -0.466 e. The van der Waals surface area contributed by atoms with Crippen LogP contribution in [0.3, 0.4) is 0 Å². The quantitative estimate of drug-likeness (QED) is 0.781. The first-order chi connectivity index (χ1) is 9.72. The molecular formula is C17H31NO2. The van der Waals surface area contributed by atoms with E-state index in [0.29, 0.717) is 18.7 Å². The van der Waals surface area contributed by atoms with Crippen molar-refractivity contribution in [2.45, 2.75) is 83.7 Å². The van der Waals surface area contributed by atoms with Crippen molar-refractivity contribution in [2.24, 2.45) is 11.8 Å². The molecule has 116 valence electrons. The molecule has 2 aliphatic rings. The van der Waals surface area contributed by atoms with Crippen LogP contribution in [0.4, 0.5) is 0 Å². The Morgan fingerprint density at radius 2 is 1.80 bits per heavy atom. The Labute approximate surface area is 123 Å². The summed E-state index contributed by atoms with van der Waals surface area (Å²) in [6.07, 6.45) is 11.1. The lowest BCUT2D eigenvalue weighted by molar-refractivity contribution is -0.149. The maximum atomic E-state index is 11.9. The highest BCUT2D eigenvalue weighted by Crippen LogP contribution is 2.30. The van der Waals surface area contributed by atoms with E-state index in [2.05, 4.69) is 12.2 Å². The molecule has 3 nitrogen and oxygen atoms in total. The number of nitrogens with one attached hydrogen (secondary N) is 1. The molecule has 0 aromatic heterocycles. The third kappa shape index (κ3) is 4.47. The van der Waals surface area contributed by atoms with Gasteiger partial charge < -0.3 is 10.1 Å². The monoisotopic (exact) mass is 281 g/mol. The molecule has 2 fully saturated rings. The van der Waals surface area contributed by atoms with Crippen molar-refractivity contribution in [1.82, 2.24) is 5.32 Å². The van der Waals surface area contributed by atoms with Crippen molar-refractivity contribution in [3.05, 3.63) is 0 Å². The third-order valence-corrected chi connectivity index (χ3v) is 5.19. The number of esters is 1. The number of rotatable bonds is 5. The Kier molecular flexibility index (Phi) is 6.34. The van der Waals surface area contributed by atoms with Gasteiger partial charge in [0.2, 0.25) is 0 Å². The summed E-state index contributed by atoms with van der Waals surface area (Å²) in [7, 11) is 0. The first-order valence-corrected chi connectivity index (χ1v) is 8.65. The van der Waals surface area contributed by atoms with Crippen molar-refractivity contribution in [3.63, 3.8) is 0 Å². The van der Waals surface area contributed by atoms with Crippen LogP contribution in [0.25, 0.3) is 0 Å². The molecule has 0 spiro atoms. The SMILES string of the molecule is CCOC(=O)C1CCCC(NC2CCC(CC)CC2)C1. The second-order valence-corrected chi connectivity index (χ2v) is 6.61. The van der Waals surface area contributed by atoms with Gasteiger partial charge in [-0.1, -0.05) is 19.8 Å². The lowest BCUT2D eigenvalue weighted by Crippen LogP contribution is -2.44. The van der Waals surface area contributed by atoms with Crippen LogP contribution >= 0.6 is 0 Å². The number of hydrogen-bond acceptors (Lipinski definition) is 3. The number of carbonyl (C=O) groups excluding carboxylic acids is 1. The van der Waals surface area contributed by atoms with Crippen LogP contribution in [0.5, 0.6) is 0 Å². The van der Waals surface area contributed by atoms with Crippen LogP contribution in [-0.4, -0.2) is 24.7 Å². The van der Waals surface area contributed by atoms with Crippen LogP contribution in [0.1, 0.15) is 71.6 Å². The highest BCUT2D eigenvalue weighted by atomic mass is 16.5. The highest BCUT2D eigenvalue weighted by Gasteiger charge is 2.30. The number of ether oxygens (including phenoxy) is 1. The van der Waals surface area contributed by atoms with Crippen LogP contribution in [-0.2, 0) is 9.53 Å². The maximum Gasteiger partial charge on any atom is 0.308 e. The van der Waals surface area contributed by atoms with Gasteiger partial charge in [0.05, 0.1) is 12.5 Å². The molecule has 2 aliphatic carbocycles. The molecule has 2 unspecified atom stereocenters. The fraction of sp³-hybridized carbons (Fsp3) is 0.941. The van der Waals surface area contributed by atoms with Crippen molar-refractivity contribution in [2.75, 3.05) is 6.61 Å². The summed E-state index contributed by atoms with van der Waals surface area (Å²) in [5, 5.41) is 3.82. The molecule has 2 rings (SSSR count). The summed E-state index contributed by atoms with van der Waals surface area (Å²) in [5.41, 5.74) is 0. The third-order valence-electron chi connectivity index (χ3n) is 5.19. The number of hydrogen-bond donors (Lipinski definition) is 1. The van der Waals surface area contributed by atoms with Gasteiger partial charge in [0.1, 0.15) is 0 Å². The minimum atomic E-state index is 0.0219. The van der Waals surface area contributed by atoms with Crippen LogP contribution < -0.4 is 5.32 Å². The predicted molar refractivity (Wildman–Crippen MR) is 81.6 cm³/mol. The van der Waals surface area contributed by atoms with Gasteiger partial charge >= 0.3 is 5.97 Å². The van der Waals surface area contributed by atoms with Crippen LogP contribution in [0.15, 0.2) is 0 Å². The molecule has 3 heteroatoms. The van der Waals surface area contributed by atoms with E-state index in [0.717, 1.165) is 25.2 Å². The molecular weight excluding hydrogens is 250 g/mol. The van der Waals surface area contributed by atoms with Gasteiger partial charge in [-0.3, -0.25) is 4.79 Å². The fourth-order valence-electron chi connectivity index (χ4n) is 3.89. The zero-order chi connectivity index (χ0) is 14.4. The van der Waals surface area contributed by atoms with Crippen molar-refractivity contribution >= 4 is 5.97 Å². The summed E-state index contributed by atoms with van der Waals surface area (Å²) in [5.74, 6) is 1.11. The average molecular weight is 281 g/mol. The molecule has 0 aliphatic heterocycles. The molecule has 1 N–H and O–H groups in total. The fourth-order valence-corrected chi connectivity index (χ4v) is 3.89. The highest BCUT2D eigenvalue weighted by molar-refractivity contribution is 5.72. The average Bonchev–Trinajstić information content (AvgIpc) is 2.48. The molecule has 0 saturated heterocycles. The number of carbonyl (C=O) groups is 1. The Morgan fingerprint density at radius 1 is 1.05 bits per heavy atom. The molecule has 20 heavy (non-hydrogen) atoms. The van der Waals surface area contributed by atoms with Crippen molar-refractivity contribution in [3.8, 4) is 0 Å². The van der Waals surface area contributed by atoms with E-state index in [-0.39, 0.29) is 11.9 Å². The van der Waals surface area contributed by atoms with E-state index in [1.54, 1.807) is 0 Å². The van der Waals surface area contributed by atoms with Gasteiger partial charge in [0, 0.05) is 12.1 Å². The van der Waals surface area contributed by atoms with Crippen molar-refractivity contribution < 1.29 is 9.53 Å². The van der Waals surface area contributed by atoms with Crippen molar-refractivity contribution in [1.29, 1.82) is 0 Å². The molecule has 2 saturated carbocycles. The summed E-state index contributed by atoms with van der Waals surface area (Å²) in [4.78, 5) is 11.9. The van der Waals surface area contributed by atoms with Crippen LogP contribution in [0.2, 0.25) is 0 Å². The van der Waals surface area contributed by atoms with E-state index >= 15 is 0 Å². The van der Waals surface area contributed by atoms with Gasteiger partial charge in [0.15, 0.2) is 0 Å². The molecule has 2 atom stereocenters. The summed E-state index contributed by atoms with van der Waals surface area (Å²) in [6.45, 7) is 4.71. The van der Waals surface area contributed by atoms with E-state index in [9.17, 15) is 4.79 Å². The Hall–Kier alpha value is -0.570. The topological polar surface area (TPSA) is 38.3 Å². The Balaban J connectivity index is 1.74. The first-order valence-electron chi connectivity index (χ1n) is 8.65. The summed E-state index contributed by atoms with van der Waals surface area (Å²) in [6, 6.07) is 1.21. The van der Waals surface area contributed by atoms with E-state index < -0.39 is 0 Å². The minimum absolute atomic E-state index is 0.0219. The normalized spacial score (nSPS) is 34.7. The lowest BCUT2D eigenvalue weighted by atomic mass is 9.82. The maximum absolute atomic E-state index is 11.9. The van der Waals surface area contributed by atoms with Gasteiger partial charge in [-0.05, 0) is 57.8 Å². The Bertz CT molecular complexity index is 297. The second kappa shape index (κ2) is 8.02. The predicted octanol–water partition coefficient (Wildman–Crippen LogP) is 3.67. The Morgan fingerprint density at radius 3 is 2.45 bits per heavy atom. The second-order valence-electron chi connectivity index (χ2n) is 6.61. The molecule has 0 aromatic carbocycles. The van der Waals surface area contributed by atoms with E-state index in [4.69, 9.17) is 4.74 Å². The summed E-state index contributed by atoms with van der Waals surface area (Å²) >= 11 is 0.